The second-order valence-corrected chi connectivity index (χ2v) is 9.75. The molecule has 0 unspecified atom stereocenters. The fourth-order valence-electron chi connectivity index (χ4n) is 4.36. The highest BCUT2D eigenvalue weighted by atomic mass is 35.5. The number of nitriles is 1. The van der Waals surface area contributed by atoms with Crippen LogP contribution in [0.15, 0.2) is 64.3 Å². The van der Waals surface area contributed by atoms with Crippen molar-refractivity contribution < 1.29 is 14.3 Å². The highest BCUT2D eigenvalue weighted by molar-refractivity contribution is 8.03. The fraction of sp³-hybridized carbons (Fsp3) is 0.296. The number of halogens is 1. The Morgan fingerprint density at radius 3 is 2.83 bits per heavy atom. The third-order valence-electron chi connectivity index (χ3n) is 6.00. The maximum atomic E-state index is 13.0. The van der Waals surface area contributed by atoms with E-state index >= 15 is 0 Å². The van der Waals surface area contributed by atoms with E-state index in [2.05, 4.69) is 16.7 Å². The maximum absolute atomic E-state index is 13.0. The molecular formula is C27H26ClN3O3S. The molecular weight excluding hydrogens is 482 g/mol. The fourth-order valence-corrected chi connectivity index (χ4v) is 5.40. The van der Waals surface area contributed by atoms with Crippen LogP contribution in [0.3, 0.4) is 0 Å². The minimum absolute atomic E-state index is 0.0424. The number of ether oxygens (including phenoxy) is 1. The minimum atomic E-state index is -0.534. The average molecular weight is 508 g/mol. The van der Waals surface area contributed by atoms with Crippen LogP contribution < -0.4 is 15.4 Å². The number of dihydropyridines is 1. The molecule has 1 aliphatic carbocycles. The number of carbonyl (C=O) groups excluding carboxylic acids is 2. The van der Waals surface area contributed by atoms with Gasteiger partial charge in [0.2, 0.25) is 5.91 Å². The number of ketones is 1. The van der Waals surface area contributed by atoms with Gasteiger partial charge < -0.3 is 15.4 Å². The third kappa shape index (κ3) is 5.39. The van der Waals surface area contributed by atoms with E-state index in [4.69, 9.17) is 16.3 Å². The molecule has 2 N–H and O–H groups in total. The van der Waals surface area contributed by atoms with Gasteiger partial charge in [0.25, 0.3) is 0 Å². The van der Waals surface area contributed by atoms with Gasteiger partial charge in [-0.25, -0.2) is 0 Å². The first kappa shape index (κ1) is 24.9. The summed E-state index contributed by atoms with van der Waals surface area (Å²) in [6.45, 7) is 4.27. The van der Waals surface area contributed by atoms with E-state index in [1.165, 1.54) is 11.8 Å². The van der Waals surface area contributed by atoms with Crippen LogP contribution in [0.4, 0.5) is 5.69 Å². The molecule has 2 aromatic rings. The van der Waals surface area contributed by atoms with Gasteiger partial charge in [-0.15, -0.1) is 0 Å². The summed E-state index contributed by atoms with van der Waals surface area (Å²) in [6, 6.07) is 15.2. The lowest BCUT2D eigenvalue weighted by Gasteiger charge is -2.33. The van der Waals surface area contributed by atoms with Crippen LogP contribution in [0, 0.1) is 18.3 Å². The molecule has 0 fully saturated rings. The molecule has 0 aromatic heterocycles. The number of thioether (sulfide) groups is 1. The van der Waals surface area contributed by atoms with Gasteiger partial charge in [-0.3, -0.25) is 9.59 Å². The van der Waals surface area contributed by atoms with E-state index in [0.717, 1.165) is 23.2 Å². The summed E-state index contributed by atoms with van der Waals surface area (Å²) in [5.74, 6) is 0.0367. The number of amides is 1. The van der Waals surface area contributed by atoms with E-state index in [1.54, 1.807) is 12.1 Å². The lowest BCUT2D eigenvalue weighted by molar-refractivity contribution is -0.116. The molecule has 0 bridgehead atoms. The Kier molecular flexibility index (Phi) is 7.84. The maximum Gasteiger partial charge on any atom is 0.234 e. The SMILES string of the molecule is CCOc1ccccc1[C@H]1C(C#N)=C(SCC(=O)Nc2ccc(C)c(Cl)c2)NC2=C1C(=O)CCC2. The minimum Gasteiger partial charge on any atom is -0.494 e. The average Bonchev–Trinajstić information content (AvgIpc) is 2.85. The molecule has 0 saturated heterocycles. The number of hydrogen-bond acceptors (Lipinski definition) is 6. The first-order valence-corrected chi connectivity index (χ1v) is 12.9. The van der Waals surface area contributed by atoms with Crippen molar-refractivity contribution in [2.24, 2.45) is 0 Å². The van der Waals surface area contributed by atoms with Crippen LogP contribution >= 0.6 is 23.4 Å². The first-order valence-electron chi connectivity index (χ1n) is 11.5. The Labute approximate surface area is 214 Å². The van der Waals surface area contributed by atoms with Crippen molar-refractivity contribution in [1.29, 1.82) is 5.26 Å². The summed E-state index contributed by atoms with van der Waals surface area (Å²) in [6.07, 6.45) is 1.92. The van der Waals surface area contributed by atoms with Crippen molar-refractivity contribution in [3.8, 4) is 11.8 Å². The van der Waals surface area contributed by atoms with Crippen molar-refractivity contribution in [3.63, 3.8) is 0 Å². The third-order valence-corrected chi connectivity index (χ3v) is 7.42. The molecule has 1 amide bonds. The quantitative estimate of drug-likeness (QED) is 0.488. The van der Waals surface area contributed by atoms with E-state index in [9.17, 15) is 14.9 Å². The number of para-hydroxylation sites is 1. The topological polar surface area (TPSA) is 91.2 Å². The molecule has 0 spiro atoms. The molecule has 8 heteroatoms. The molecule has 0 radical (unpaired) electrons. The Morgan fingerprint density at radius 2 is 2.09 bits per heavy atom. The van der Waals surface area contributed by atoms with Gasteiger partial charge in [-0.05, 0) is 50.5 Å². The number of Topliss-reactive ketones (excluding diaryl/α,β-unsaturated/α-hetero) is 1. The zero-order valence-corrected chi connectivity index (χ0v) is 21.2. The zero-order chi connectivity index (χ0) is 24.9. The van der Waals surface area contributed by atoms with Crippen molar-refractivity contribution in [1.82, 2.24) is 5.32 Å². The first-order chi connectivity index (χ1) is 16.9. The van der Waals surface area contributed by atoms with Crippen molar-refractivity contribution >= 4 is 40.7 Å². The molecule has 2 aliphatic rings. The van der Waals surface area contributed by atoms with Crippen molar-refractivity contribution in [2.45, 2.75) is 39.0 Å². The predicted octanol–water partition coefficient (Wildman–Crippen LogP) is 5.85. The van der Waals surface area contributed by atoms with Gasteiger partial charge in [0, 0.05) is 34.0 Å². The highest BCUT2D eigenvalue weighted by Crippen LogP contribution is 2.46. The summed E-state index contributed by atoms with van der Waals surface area (Å²) in [7, 11) is 0. The Morgan fingerprint density at radius 1 is 1.29 bits per heavy atom. The largest absolute Gasteiger partial charge is 0.494 e. The summed E-state index contributed by atoms with van der Waals surface area (Å²) in [5, 5.41) is 17.5. The van der Waals surface area contributed by atoms with Crippen LogP contribution in [0.5, 0.6) is 5.75 Å². The standard InChI is InChI=1S/C27H26ClN3O3S/c1-3-34-23-10-5-4-7-18(23)25-19(14-29)27(31-21-8-6-9-22(32)26(21)25)35-15-24(33)30-17-12-11-16(2)20(28)13-17/h4-5,7,10-13,25,31H,3,6,8-9,15H2,1-2H3,(H,30,33)/t25-/m0/s1. The summed E-state index contributed by atoms with van der Waals surface area (Å²) in [5.41, 5.74) is 4.20. The van der Waals surface area contributed by atoms with E-state index in [1.807, 2.05) is 44.2 Å². The second kappa shape index (κ2) is 11.0. The molecule has 1 atom stereocenters. The number of benzene rings is 2. The lowest BCUT2D eigenvalue weighted by atomic mass is 9.76. The molecule has 2 aromatic carbocycles. The van der Waals surface area contributed by atoms with Crippen LogP contribution in [0.25, 0.3) is 0 Å². The highest BCUT2D eigenvalue weighted by Gasteiger charge is 2.38. The van der Waals surface area contributed by atoms with Gasteiger partial charge in [0.05, 0.1) is 34.9 Å². The number of anilines is 1. The molecule has 4 rings (SSSR count). The molecule has 180 valence electrons. The Balaban J connectivity index is 1.64. The normalized spacial score (nSPS) is 17.4. The van der Waals surface area contributed by atoms with Gasteiger partial charge >= 0.3 is 0 Å². The van der Waals surface area contributed by atoms with Crippen LogP contribution in [0.2, 0.25) is 5.02 Å². The summed E-state index contributed by atoms with van der Waals surface area (Å²) in [4.78, 5) is 25.7. The zero-order valence-electron chi connectivity index (χ0n) is 19.6. The van der Waals surface area contributed by atoms with E-state index in [0.29, 0.717) is 52.1 Å². The van der Waals surface area contributed by atoms with Crippen LogP contribution in [-0.2, 0) is 9.59 Å². The lowest BCUT2D eigenvalue weighted by Crippen LogP contribution is -2.32. The smallest absolute Gasteiger partial charge is 0.234 e. The van der Waals surface area contributed by atoms with Crippen LogP contribution in [0.1, 0.15) is 43.2 Å². The summed E-state index contributed by atoms with van der Waals surface area (Å²) < 4.78 is 5.85. The monoisotopic (exact) mass is 507 g/mol. The van der Waals surface area contributed by atoms with Gasteiger partial charge in [-0.2, -0.15) is 5.26 Å². The molecule has 1 aliphatic heterocycles. The Hall–Kier alpha value is -3.21. The van der Waals surface area contributed by atoms with Crippen molar-refractivity contribution in [2.75, 3.05) is 17.7 Å². The number of nitrogens with zero attached hydrogens (tertiary/aromatic N) is 1. The molecule has 1 heterocycles. The number of rotatable bonds is 7. The Bertz CT molecular complexity index is 1280. The number of nitrogens with one attached hydrogen (secondary N) is 2. The van der Waals surface area contributed by atoms with Crippen molar-refractivity contribution in [3.05, 3.63) is 80.5 Å². The number of hydrogen-bond donors (Lipinski definition) is 2. The molecule has 0 saturated carbocycles. The predicted molar refractivity (Wildman–Crippen MR) is 139 cm³/mol. The second-order valence-electron chi connectivity index (χ2n) is 8.35. The van der Waals surface area contributed by atoms with Gasteiger partial charge in [-0.1, -0.05) is 47.6 Å². The summed E-state index contributed by atoms with van der Waals surface area (Å²) >= 11 is 7.42. The number of carbonyl (C=O) groups is 2. The van der Waals surface area contributed by atoms with Crippen LogP contribution in [-0.4, -0.2) is 24.1 Å². The van der Waals surface area contributed by atoms with E-state index < -0.39 is 5.92 Å². The molecule has 6 nitrogen and oxygen atoms in total. The number of aryl methyl sites for hydroxylation is 1. The van der Waals surface area contributed by atoms with Gasteiger partial charge in [0.1, 0.15) is 5.75 Å². The molecule has 35 heavy (non-hydrogen) atoms. The van der Waals surface area contributed by atoms with Gasteiger partial charge in [0.15, 0.2) is 5.78 Å². The van der Waals surface area contributed by atoms with E-state index in [-0.39, 0.29) is 17.4 Å². The number of allylic oxidation sites excluding steroid dienone is 3.